The van der Waals surface area contributed by atoms with Crippen LogP contribution in [-0.4, -0.2) is 38.5 Å². The Balaban J connectivity index is 1.84. The molecule has 0 spiro atoms. The third-order valence-electron chi connectivity index (χ3n) is 5.98. The summed E-state index contributed by atoms with van der Waals surface area (Å²) < 4.78 is 11.1. The fraction of sp³-hybridized carbons (Fsp3) is 0.440. The van der Waals surface area contributed by atoms with E-state index in [9.17, 15) is 9.59 Å². The van der Waals surface area contributed by atoms with Gasteiger partial charge in [0.15, 0.2) is 5.78 Å². The lowest BCUT2D eigenvalue weighted by Crippen LogP contribution is -2.42. The Hall–Kier alpha value is -3.06. The average molecular weight is 438 g/mol. The molecule has 2 heterocycles. The summed E-state index contributed by atoms with van der Waals surface area (Å²) in [5.41, 5.74) is 3.17. The van der Waals surface area contributed by atoms with Crippen molar-refractivity contribution in [1.82, 2.24) is 5.32 Å². The van der Waals surface area contributed by atoms with Crippen molar-refractivity contribution in [3.8, 4) is 0 Å². The molecule has 170 valence electrons. The van der Waals surface area contributed by atoms with Crippen LogP contribution in [0.5, 0.6) is 0 Å². The molecule has 7 nitrogen and oxygen atoms in total. The lowest BCUT2D eigenvalue weighted by Gasteiger charge is -2.36. The Morgan fingerprint density at radius 1 is 1.25 bits per heavy atom. The number of nitrogens with one attached hydrogen (secondary N) is 2. The number of furan rings is 1. The van der Waals surface area contributed by atoms with Gasteiger partial charge in [-0.25, -0.2) is 0 Å². The summed E-state index contributed by atoms with van der Waals surface area (Å²) in [5.74, 6) is 1.37. The Bertz CT molecular complexity index is 1050. The smallest absolute Gasteiger partial charge is 0.239 e. The highest BCUT2D eigenvalue weighted by Crippen LogP contribution is 2.48. The summed E-state index contributed by atoms with van der Waals surface area (Å²) in [4.78, 5) is 28.3. The summed E-state index contributed by atoms with van der Waals surface area (Å²) in [6, 6.07) is 11.2. The minimum absolute atomic E-state index is 0.0836. The summed E-state index contributed by atoms with van der Waals surface area (Å²) in [6.45, 7) is 7.05. The van der Waals surface area contributed by atoms with Crippen molar-refractivity contribution < 1.29 is 18.7 Å². The predicted octanol–water partition coefficient (Wildman–Crippen LogP) is 3.97. The van der Waals surface area contributed by atoms with Crippen LogP contribution in [0.4, 0.5) is 11.4 Å². The molecule has 7 heteroatoms. The fourth-order valence-corrected chi connectivity index (χ4v) is 4.63. The number of nitrogens with zero attached hydrogens (tertiary/aromatic N) is 1. The lowest BCUT2D eigenvalue weighted by molar-refractivity contribution is -0.121. The number of hydrogen-bond acceptors (Lipinski definition) is 6. The largest absolute Gasteiger partial charge is 0.464 e. The summed E-state index contributed by atoms with van der Waals surface area (Å²) >= 11 is 0. The molecule has 0 bridgehead atoms. The SMILES string of the molecule is COCCNC(=O)CN1c2ccccc2NC2=C(C(=O)CC(C)(C)C2)C1c1ccc(C)o1. The van der Waals surface area contributed by atoms with E-state index in [1.165, 1.54) is 0 Å². The van der Waals surface area contributed by atoms with Crippen molar-refractivity contribution in [1.29, 1.82) is 0 Å². The highest BCUT2D eigenvalue weighted by Gasteiger charge is 2.43. The van der Waals surface area contributed by atoms with Crippen LogP contribution in [0.15, 0.2) is 52.1 Å². The second-order valence-electron chi connectivity index (χ2n) is 9.30. The Morgan fingerprint density at radius 2 is 2.03 bits per heavy atom. The van der Waals surface area contributed by atoms with Crippen LogP contribution in [0.3, 0.4) is 0 Å². The van der Waals surface area contributed by atoms with Crippen LogP contribution in [0.2, 0.25) is 0 Å². The Labute approximate surface area is 188 Å². The maximum Gasteiger partial charge on any atom is 0.239 e. The number of amides is 1. The van der Waals surface area contributed by atoms with E-state index in [-0.39, 0.29) is 23.7 Å². The quantitative estimate of drug-likeness (QED) is 0.666. The summed E-state index contributed by atoms with van der Waals surface area (Å²) in [6.07, 6.45) is 1.19. The van der Waals surface area contributed by atoms with Gasteiger partial charge in [-0.05, 0) is 43.0 Å². The number of hydrogen-bond donors (Lipinski definition) is 2. The van der Waals surface area contributed by atoms with Crippen molar-refractivity contribution in [2.45, 2.75) is 39.7 Å². The molecule has 1 aromatic heterocycles. The summed E-state index contributed by atoms with van der Waals surface area (Å²) in [7, 11) is 1.60. The first kappa shape index (κ1) is 22.1. The fourth-order valence-electron chi connectivity index (χ4n) is 4.63. The second kappa shape index (κ2) is 8.82. The van der Waals surface area contributed by atoms with Crippen LogP contribution >= 0.6 is 0 Å². The monoisotopic (exact) mass is 437 g/mol. The number of fused-ring (bicyclic) bond motifs is 1. The zero-order valence-corrected chi connectivity index (χ0v) is 19.2. The number of rotatable bonds is 6. The van der Waals surface area contributed by atoms with Gasteiger partial charge in [-0.2, -0.15) is 0 Å². The molecule has 1 aliphatic carbocycles. The zero-order valence-electron chi connectivity index (χ0n) is 19.2. The second-order valence-corrected chi connectivity index (χ2v) is 9.30. The number of anilines is 2. The predicted molar refractivity (Wildman–Crippen MR) is 124 cm³/mol. The molecule has 0 saturated carbocycles. The Kier molecular flexibility index (Phi) is 6.11. The molecule has 4 rings (SSSR count). The van der Waals surface area contributed by atoms with Gasteiger partial charge in [0.25, 0.3) is 0 Å². The topological polar surface area (TPSA) is 83.8 Å². The van der Waals surface area contributed by atoms with Gasteiger partial charge in [-0.1, -0.05) is 26.0 Å². The Morgan fingerprint density at radius 3 is 2.75 bits per heavy atom. The van der Waals surface area contributed by atoms with Crippen LogP contribution in [0.25, 0.3) is 0 Å². The molecule has 2 N–H and O–H groups in total. The van der Waals surface area contributed by atoms with Crippen LogP contribution < -0.4 is 15.5 Å². The number of para-hydroxylation sites is 2. The first-order chi connectivity index (χ1) is 15.3. The van der Waals surface area contributed by atoms with Gasteiger partial charge in [0.05, 0.1) is 24.5 Å². The average Bonchev–Trinajstić information content (AvgIpc) is 3.09. The molecule has 1 atom stereocenters. The van der Waals surface area contributed by atoms with E-state index in [0.717, 1.165) is 29.3 Å². The van der Waals surface area contributed by atoms with Crippen molar-refractivity contribution in [2.24, 2.45) is 5.41 Å². The standard InChI is InChI=1S/C25H31N3O4/c1-16-9-10-21(32-16)24-23-18(13-25(2,3)14-20(23)29)27-17-7-5-6-8-19(17)28(24)15-22(30)26-11-12-31-4/h5-10,24,27H,11-15H2,1-4H3,(H,26,30). The normalized spacial score (nSPS) is 19.7. The van der Waals surface area contributed by atoms with E-state index >= 15 is 0 Å². The van der Waals surface area contributed by atoms with Gasteiger partial charge in [0.2, 0.25) is 5.91 Å². The van der Waals surface area contributed by atoms with Gasteiger partial charge in [-0.3, -0.25) is 9.59 Å². The molecule has 1 aliphatic heterocycles. The van der Waals surface area contributed by atoms with Crippen LogP contribution in [-0.2, 0) is 14.3 Å². The van der Waals surface area contributed by atoms with Crippen molar-refractivity contribution in [3.05, 3.63) is 59.2 Å². The number of benzene rings is 1. The highest BCUT2D eigenvalue weighted by molar-refractivity contribution is 6.01. The number of Topliss-reactive ketones (excluding diaryl/α,β-unsaturated/α-hetero) is 1. The molecule has 1 aromatic carbocycles. The van der Waals surface area contributed by atoms with E-state index in [4.69, 9.17) is 9.15 Å². The number of allylic oxidation sites excluding steroid dienone is 1. The van der Waals surface area contributed by atoms with E-state index in [1.807, 2.05) is 48.2 Å². The molecule has 32 heavy (non-hydrogen) atoms. The molecular weight excluding hydrogens is 406 g/mol. The first-order valence-corrected chi connectivity index (χ1v) is 11.0. The van der Waals surface area contributed by atoms with Crippen molar-refractivity contribution in [3.63, 3.8) is 0 Å². The number of carbonyl (C=O) groups excluding carboxylic acids is 2. The third kappa shape index (κ3) is 4.43. The molecule has 0 radical (unpaired) electrons. The molecule has 1 amide bonds. The lowest BCUT2D eigenvalue weighted by atomic mass is 9.74. The molecule has 2 aliphatic rings. The maximum atomic E-state index is 13.5. The van der Waals surface area contributed by atoms with Crippen molar-refractivity contribution >= 4 is 23.1 Å². The third-order valence-corrected chi connectivity index (χ3v) is 5.98. The van der Waals surface area contributed by atoms with E-state index in [2.05, 4.69) is 24.5 Å². The van der Waals surface area contributed by atoms with Crippen LogP contribution in [0, 0.1) is 12.3 Å². The highest BCUT2D eigenvalue weighted by atomic mass is 16.5. The molecule has 1 unspecified atom stereocenters. The number of methoxy groups -OCH3 is 1. The van der Waals surface area contributed by atoms with Gasteiger partial charge in [0.1, 0.15) is 17.6 Å². The zero-order chi connectivity index (χ0) is 22.9. The number of aryl methyl sites for hydroxylation is 1. The molecule has 0 saturated heterocycles. The number of ketones is 1. The number of carbonyl (C=O) groups is 2. The van der Waals surface area contributed by atoms with E-state index < -0.39 is 6.04 Å². The van der Waals surface area contributed by atoms with Gasteiger partial charge < -0.3 is 24.7 Å². The minimum atomic E-state index is -0.494. The van der Waals surface area contributed by atoms with Crippen molar-refractivity contribution in [2.75, 3.05) is 37.0 Å². The minimum Gasteiger partial charge on any atom is -0.464 e. The van der Waals surface area contributed by atoms with Gasteiger partial charge >= 0.3 is 0 Å². The number of ether oxygens (including phenoxy) is 1. The van der Waals surface area contributed by atoms with Gasteiger partial charge in [-0.15, -0.1) is 0 Å². The maximum absolute atomic E-state index is 13.5. The molecule has 2 aromatic rings. The van der Waals surface area contributed by atoms with E-state index in [1.54, 1.807) is 7.11 Å². The van der Waals surface area contributed by atoms with E-state index in [0.29, 0.717) is 30.9 Å². The van der Waals surface area contributed by atoms with Gasteiger partial charge in [0, 0.05) is 31.3 Å². The van der Waals surface area contributed by atoms with Crippen LogP contribution in [0.1, 0.15) is 44.3 Å². The molecular formula is C25H31N3O4. The summed E-state index contributed by atoms with van der Waals surface area (Å²) in [5, 5.41) is 6.43. The molecule has 0 fully saturated rings. The first-order valence-electron chi connectivity index (χ1n) is 11.0.